The fourth-order valence-corrected chi connectivity index (χ4v) is 2.24. The molecular formula is C16H22N2O6. The normalized spacial score (nSPS) is 11.6. The molecule has 1 amide bonds. The van der Waals surface area contributed by atoms with Gasteiger partial charge in [0.25, 0.3) is 5.69 Å². The quantitative estimate of drug-likeness (QED) is 0.384. The molecule has 1 aromatic rings. The van der Waals surface area contributed by atoms with E-state index in [4.69, 9.17) is 4.74 Å². The maximum absolute atomic E-state index is 12.5. The first-order valence-electron chi connectivity index (χ1n) is 7.47. The molecule has 0 spiro atoms. The largest absolute Gasteiger partial charge is 0.469 e. The number of nitro benzene ring substituents is 1. The molecule has 1 unspecified atom stereocenters. The molecule has 1 rings (SSSR count). The third-order valence-electron chi connectivity index (χ3n) is 3.55. The van der Waals surface area contributed by atoms with Crippen molar-refractivity contribution in [3.8, 4) is 0 Å². The molecule has 132 valence electrons. The highest BCUT2D eigenvalue weighted by molar-refractivity contribution is 5.81. The van der Waals surface area contributed by atoms with Crippen molar-refractivity contribution in [1.82, 2.24) is 4.90 Å². The van der Waals surface area contributed by atoms with E-state index < -0.39 is 16.8 Å². The Hall–Kier alpha value is -2.48. The van der Waals surface area contributed by atoms with Crippen LogP contribution < -0.4 is 0 Å². The van der Waals surface area contributed by atoms with Crippen molar-refractivity contribution in [3.63, 3.8) is 0 Å². The van der Waals surface area contributed by atoms with Gasteiger partial charge < -0.3 is 14.4 Å². The number of carbonyl (C=O) groups is 2. The number of hydrogen-bond donors (Lipinski definition) is 0. The highest BCUT2D eigenvalue weighted by atomic mass is 16.6. The smallest absolute Gasteiger partial charge is 0.310 e. The number of esters is 1. The van der Waals surface area contributed by atoms with Gasteiger partial charge >= 0.3 is 5.97 Å². The van der Waals surface area contributed by atoms with Crippen molar-refractivity contribution in [1.29, 1.82) is 0 Å². The minimum Gasteiger partial charge on any atom is -0.469 e. The Morgan fingerprint density at radius 2 is 1.96 bits per heavy atom. The Bertz CT molecular complexity index is 590. The van der Waals surface area contributed by atoms with Gasteiger partial charge in [-0.25, -0.2) is 0 Å². The number of para-hydroxylation sites is 1. The lowest BCUT2D eigenvalue weighted by atomic mass is 10.1. The van der Waals surface area contributed by atoms with E-state index >= 15 is 0 Å². The van der Waals surface area contributed by atoms with E-state index in [1.807, 2.05) is 0 Å². The van der Waals surface area contributed by atoms with Gasteiger partial charge in [-0.15, -0.1) is 0 Å². The van der Waals surface area contributed by atoms with Crippen molar-refractivity contribution in [2.45, 2.75) is 13.3 Å². The highest BCUT2D eigenvalue weighted by Gasteiger charge is 2.23. The maximum atomic E-state index is 12.5. The molecule has 0 heterocycles. The number of hydrogen-bond acceptors (Lipinski definition) is 6. The summed E-state index contributed by atoms with van der Waals surface area (Å²) in [4.78, 5) is 36.1. The summed E-state index contributed by atoms with van der Waals surface area (Å²) >= 11 is 0. The van der Waals surface area contributed by atoms with E-state index in [9.17, 15) is 19.7 Å². The molecular weight excluding hydrogens is 316 g/mol. The summed E-state index contributed by atoms with van der Waals surface area (Å²) in [6, 6.07) is 6.10. The molecule has 0 aliphatic carbocycles. The summed E-state index contributed by atoms with van der Waals surface area (Å²) in [5.74, 6) is -1.23. The Morgan fingerprint density at radius 1 is 1.29 bits per heavy atom. The van der Waals surface area contributed by atoms with Crippen molar-refractivity contribution >= 4 is 17.6 Å². The lowest BCUT2D eigenvalue weighted by Crippen LogP contribution is -2.40. The van der Waals surface area contributed by atoms with Crippen LogP contribution in [0.15, 0.2) is 24.3 Å². The van der Waals surface area contributed by atoms with Crippen LogP contribution in [0.2, 0.25) is 0 Å². The zero-order valence-electron chi connectivity index (χ0n) is 14.1. The van der Waals surface area contributed by atoms with Gasteiger partial charge in [-0.2, -0.15) is 0 Å². The minimum atomic E-state index is -0.515. The van der Waals surface area contributed by atoms with Crippen LogP contribution in [-0.2, 0) is 25.5 Å². The summed E-state index contributed by atoms with van der Waals surface area (Å²) in [6.07, 6.45) is -0.116. The van der Waals surface area contributed by atoms with E-state index in [2.05, 4.69) is 4.74 Å². The molecule has 0 fully saturated rings. The first-order chi connectivity index (χ1) is 11.4. The van der Waals surface area contributed by atoms with E-state index in [0.29, 0.717) is 12.2 Å². The molecule has 1 aromatic carbocycles. The summed E-state index contributed by atoms with van der Waals surface area (Å²) in [6.45, 7) is 2.41. The molecule has 8 heteroatoms. The van der Waals surface area contributed by atoms with Crippen LogP contribution in [0.3, 0.4) is 0 Å². The van der Waals surface area contributed by atoms with E-state index in [0.717, 1.165) is 0 Å². The van der Waals surface area contributed by atoms with Crippen LogP contribution in [0, 0.1) is 16.0 Å². The second-order valence-corrected chi connectivity index (χ2v) is 5.32. The first-order valence-corrected chi connectivity index (χ1v) is 7.47. The number of amides is 1. The van der Waals surface area contributed by atoms with Crippen molar-refractivity contribution in [2.75, 3.05) is 33.9 Å². The molecule has 0 saturated heterocycles. The monoisotopic (exact) mass is 338 g/mol. The zero-order valence-corrected chi connectivity index (χ0v) is 14.1. The summed E-state index contributed by atoms with van der Waals surface area (Å²) in [7, 11) is 2.79. The first kappa shape index (κ1) is 19.6. The van der Waals surface area contributed by atoms with Crippen LogP contribution in [0.25, 0.3) is 0 Å². The number of nitro groups is 1. The number of carbonyl (C=O) groups excluding carboxylic acids is 2. The highest BCUT2D eigenvalue weighted by Crippen LogP contribution is 2.19. The fraction of sp³-hybridized carbons (Fsp3) is 0.500. The molecule has 0 aliphatic heterocycles. The molecule has 0 aliphatic rings. The van der Waals surface area contributed by atoms with Gasteiger partial charge in [-0.05, 0) is 0 Å². The topological polar surface area (TPSA) is 99.0 Å². The number of benzene rings is 1. The van der Waals surface area contributed by atoms with Gasteiger partial charge in [0.05, 0.1) is 31.0 Å². The van der Waals surface area contributed by atoms with Gasteiger partial charge in [0, 0.05) is 31.8 Å². The van der Waals surface area contributed by atoms with Gasteiger partial charge in [-0.3, -0.25) is 19.7 Å². The molecule has 0 bridgehead atoms. The minimum absolute atomic E-state index is 0.0986. The van der Waals surface area contributed by atoms with E-state index in [1.165, 1.54) is 25.2 Å². The second kappa shape index (κ2) is 9.61. The van der Waals surface area contributed by atoms with E-state index in [-0.39, 0.29) is 31.1 Å². The molecule has 8 nitrogen and oxygen atoms in total. The number of rotatable bonds is 9. The molecule has 0 aromatic heterocycles. The number of ether oxygens (including phenoxy) is 2. The third-order valence-corrected chi connectivity index (χ3v) is 3.55. The molecule has 0 radical (unpaired) electrons. The van der Waals surface area contributed by atoms with Gasteiger partial charge in [0.15, 0.2) is 0 Å². The Balaban J connectivity index is 2.88. The lowest BCUT2D eigenvalue weighted by molar-refractivity contribution is -0.385. The van der Waals surface area contributed by atoms with Crippen molar-refractivity contribution in [2.24, 2.45) is 5.92 Å². The average molecular weight is 338 g/mol. The van der Waals surface area contributed by atoms with Crippen LogP contribution in [-0.4, -0.2) is 55.6 Å². The molecule has 24 heavy (non-hydrogen) atoms. The average Bonchev–Trinajstić information content (AvgIpc) is 2.57. The van der Waals surface area contributed by atoms with E-state index in [1.54, 1.807) is 25.1 Å². The van der Waals surface area contributed by atoms with Crippen molar-refractivity contribution < 1.29 is 24.0 Å². The molecule has 0 N–H and O–H groups in total. The third kappa shape index (κ3) is 5.62. The van der Waals surface area contributed by atoms with Gasteiger partial charge in [0.1, 0.15) is 0 Å². The molecule has 1 atom stereocenters. The van der Waals surface area contributed by atoms with Crippen molar-refractivity contribution in [3.05, 3.63) is 39.9 Å². The lowest BCUT2D eigenvalue weighted by Gasteiger charge is -2.25. The summed E-state index contributed by atoms with van der Waals surface area (Å²) < 4.78 is 9.65. The Morgan fingerprint density at radius 3 is 2.54 bits per heavy atom. The SMILES string of the molecule is COCCN(CC(C)C(=O)OC)C(=O)Cc1ccccc1[N+](=O)[O-]. The Labute approximate surface area is 140 Å². The van der Waals surface area contributed by atoms with Crippen LogP contribution in [0.1, 0.15) is 12.5 Å². The fourth-order valence-electron chi connectivity index (χ4n) is 2.24. The zero-order chi connectivity index (χ0) is 18.1. The predicted octanol–water partition coefficient (Wildman–Crippen LogP) is 1.42. The van der Waals surface area contributed by atoms with Crippen LogP contribution in [0.5, 0.6) is 0 Å². The maximum Gasteiger partial charge on any atom is 0.310 e. The standard InChI is InChI=1S/C16H22N2O6/c1-12(16(20)24-3)11-17(8-9-23-2)15(19)10-13-6-4-5-7-14(13)18(21)22/h4-7,12H,8-11H2,1-3H3. The summed E-state index contributed by atoms with van der Waals surface area (Å²) in [5.41, 5.74) is 0.235. The van der Waals surface area contributed by atoms with Gasteiger partial charge in [-0.1, -0.05) is 25.1 Å². The number of methoxy groups -OCH3 is 2. The van der Waals surface area contributed by atoms with Gasteiger partial charge in [0.2, 0.25) is 5.91 Å². The Kier molecular flexibility index (Phi) is 7.84. The molecule has 0 saturated carbocycles. The number of nitrogens with zero attached hydrogens (tertiary/aromatic N) is 2. The second-order valence-electron chi connectivity index (χ2n) is 5.32. The summed E-state index contributed by atoms with van der Waals surface area (Å²) in [5, 5.41) is 11.1. The van der Waals surface area contributed by atoms with Crippen LogP contribution in [0.4, 0.5) is 5.69 Å². The predicted molar refractivity (Wildman–Crippen MR) is 86.4 cm³/mol. The van der Waals surface area contributed by atoms with Crippen LogP contribution >= 0.6 is 0 Å².